The summed E-state index contributed by atoms with van der Waals surface area (Å²) in [5, 5.41) is 17.1. The van der Waals surface area contributed by atoms with Crippen LogP contribution in [-0.4, -0.2) is 43.9 Å². The Morgan fingerprint density at radius 1 is 1.32 bits per heavy atom. The number of benzene rings is 1. The molecule has 9 heteroatoms. The topological polar surface area (TPSA) is 87.2 Å². The van der Waals surface area contributed by atoms with Crippen LogP contribution in [0.2, 0.25) is 0 Å². The zero-order chi connectivity index (χ0) is 17.6. The van der Waals surface area contributed by atoms with Gasteiger partial charge < -0.3 is 4.74 Å². The van der Waals surface area contributed by atoms with Gasteiger partial charge >= 0.3 is 5.97 Å². The molecule has 0 spiro atoms. The lowest BCUT2D eigenvalue weighted by atomic mass is 10.2. The van der Waals surface area contributed by atoms with Gasteiger partial charge in [-0.25, -0.2) is 4.79 Å². The smallest absolute Gasteiger partial charge is 0.358 e. The molecule has 3 aromatic rings. The predicted octanol–water partition coefficient (Wildman–Crippen LogP) is 2.20. The largest absolute Gasteiger partial charge is 0.464 e. The SMILES string of the molecule is COC(=O)c1ccn(CSc2nncn2/N=C\c2ccc(C)cc2)n1. The van der Waals surface area contributed by atoms with Crippen molar-refractivity contribution in [1.29, 1.82) is 0 Å². The first-order chi connectivity index (χ1) is 12.2. The number of carbonyl (C=O) groups is 1. The first kappa shape index (κ1) is 16.9. The lowest BCUT2D eigenvalue weighted by Gasteiger charge is -2.01. The molecule has 0 aliphatic heterocycles. The Bertz CT molecular complexity index is 884. The minimum Gasteiger partial charge on any atom is -0.464 e. The molecule has 8 nitrogen and oxygen atoms in total. The molecule has 25 heavy (non-hydrogen) atoms. The Hall–Kier alpha value is -2.94. The van der Waals surface area contributed by atoms with Gasteiger partial charge in [-0.1, -0.05) is 41.6 Å². The minimum atomic E-state index is -0.463. The number of ether oxygens (including phenoxy) is 1. The van der Waals surface area contributed by atoms with Gasteiger partial charge in [-0.3, -0.25) is 4.68 Å². The van der Waals surface area contributed by atoms with Crippen molar-refractivity contribution in [3.63, 3.8) is 0 Å². The van der Waals surface area contributed by atoms with Gasteiger partial charge in [0, 0.05) is 6.20 Å². The third-order valence-corrected chi connectivity index (χ3v) is 4.19. The minimum absolute atomic E-state index is 0.266. The molecule has 0 N–H and O–H groups in total. The van der Waals surface area contributed by atoms with Crippen molar-refractivity contribution in [3.8, 4) is 0 Å². The van der Waals surface area contributed by atoms with Crippen LogP contribution in [0.3, 0.4) is 0 Å². The molecule has 0 saturated carbocycles. The number of carbonyl (C=O) groups excluding carboxylic acids is 1. The summed E-state index contributed by atoms with van der Waals surface area (Å²) in [5.74, 6) is 0.00468. The van der Waals surface area contributed by atoms with E-state index < -0.39 is 5.97 Å². The first-order valence-corrected chi connectivity index (χ1v) is 8.40. The van der Waals surface area contributed by atoms with Crippen molar-refractivity contribution in [2.75, 3.05) is 7.11 Å². The number of esters is 1. The summed E-state index contributed by atoms with van der Waals surface area (Å²) in [7, 11) is 1.32. The van der Waals surface area contributed by atoms with Crippen molar-refractivity contribution in [2.24, 2.45) is 5.10 Å². The van der Waals surface area contributed by atoms with Gasteiger partial charge in [0.2, 0.25) is 5.16 Å². The molecule has 0 aliphatic rings. The van der Waals surface area contributed by atoms with Crippen LogP contribution in [0.4, 0.5) is 0 Å². The Kier molecular flexibility index (Phi) is 5.24. The van der Waals surface area contributed by atoms with Crippen molar-refractivity contribution in [2.45, 2.75) is 18.0 Å². The predicted molar refractivity (Wildman–Crippen MR) is 93.6 cm³/mol. The second-order valence-corrected chi connectivity index (χ2v) is 6.03. The number of aromatic nitrogens is 5. The van der Waals surface area contributed by atoms with Crippen LogP contribution in [0, 0.1) is 6.92 Å². The number of thioether (sulfide) groups is 1. The number of methoxy groups -OCH3 is 1. The summed E-state index contributed by atoms with van der Waals surface area (Å²) in [6.45, 7) is 2.04. The molecule has 2 aromatic heterocycles. The zero-order valence-corrected chi connectivity index (χ0v) is 14.6. The molecule has 0 amide bonds. The molecule has 0 unspecified atom stereocenters. The van der Waals surface area contributed by atoms with Gasteiger partial charge in [-0.2, -0.15) is 14.9 Å². The van der Waals surface area contributed by atoms with Gasteiger partial charge in [0.05, 0.1) is 19.2 Å². The molecule has 0 aliphatic carbocycles. The average Bonchev–Trinajstić information content (AvgIpc) is 3.28. The normalized spacial score (nSPS) is 11.1. The Morgan fingerprint density at radius 2 is 2.12 bits per heavy atom. The highest BCUT2D eigenvalue weighted by Crippen LogP contribution is 2.17. The van der Waals surface area contributed by atoms with Gasteiger partial charge in [-0.15, -0.1) is 10.2 Å². The van der Waals surface area contributed by atoms with E-state index in [0.717, 1.165) is 5.56 Å². The number of aryl methyl sites for hydroxylation is 1. The van der Waals surface area contributed by atoms with Crippen molar-refractivity contribution in [1.82, 2.24) is 24.7 Å². The molecule has 128 valence electrons. The monoisotopic (exact) mass is 356 g/mol. The fourth-order valence-corrected chi connectivity index (χ4v) is 2.67. The van der Waals surface area contributed by atoms with E-state index >= 15 is 0 Å². The first-order valence-electron chi connectivity index (χ1n) is 7.41. The average molecular weight is 356 g/mol. The molecular weight excluding hydrogens is 340 g/mol. The highest BCUT2D eigenvalue weighted by molar-refractivity contribution is 7.98. The maximum absolute atomic E-state index is 11.4. The standard InChI is InChI=1S/C16H16N6O2S/c1-12-3-5-13(6-4-12)9-18-22-10-17-19-16(22)25-11-21-8-7-14(20-21)15(23)24-2/h3-10H,11H2,1-2H3/b18-9-. The Labute approximate surface area is 148 Å². The quantitative estimate of drug-likeness (QED) is 0.382. The van der Waals surface area contributed by atoms with Gasteiger partial charge in [0.25, 0.3) is 0 Å². The maximum atomic E-state index is 11.4. The summed E-state index contributed by atoms with van der Waals surface area (Å²) in [4.78, 5) is 11.4. The second-order valence-electron chi connectivity index (χ2n) is 5.12. The Morgan fingerprint density at radius 3 is 2.88 bits per heavy atom. The van der Waals surface area contributed by atoms with E-state index in [0.29, 0.717) is 11.0 Å². The molecule has 1 aromatic carbocycles. The molecular formula is C16H16N6O2S. The van der Waals surface area contributed by atoms with Gasteiger partial charge in [-0.05, 0) is 18.6 Å². The van der Waals surface area contributed by atoms with Crippen LogP contribution in [0.25, 0.3) is 0 Å². The molecule has 0 bridgehead atoms. The van der Waals surface area contributed by atoms with E-state index in [2.05, 4.69) is 25.1 Å². The van der Waals surface area contributed by atoms with E-state index in [1.54, 1.807) is 27.8 Å². The zero-order valence-electron chi connectivity index (χ0n) is 13.7. The van der Waals surface area contributed by atoms with Crippen molar-refractivity contribution in [3.05, 3.63) is 59.7 Å². The van der Waals surface area contributed by atoms with Crippen LogP contribution in [0.5, 0.6) is 0 Å². The molecule has 2 heterocycles. The highest BCUT2D eigenvalue weighted by atomic mass is 32.2. The summed E-state index contributed by atoms with van der Waals surface area (Å²) >= 11 is 1.40. The second kappa shape index (κ2) is 7.75. The lowest BCUT2D eigenvalue weighted by molar-refractivity contribution is 0.0593. The van der Waals surface area contributed by atoms with E-state index in [4.69, 9.17) is 0 Å². The van der Waals surface area contributed by atoms with Crippen molar-refractivity contribution >= 4 is 23.9 Å². The number of nitrogens with zero attached hydrogens (tertiary/aromatic N) is 6. The van der Waals surface area contributed by atoms with E-state index in [-0.39, 0.29) is 5.69 Å². The van der Waals surface area contributed by atoms with E-state index in [1.165, 1.54) is 30.8 Å². The number of hydrogen-bond donors (Lipinski definition) is 0. The Balaban J connectivity index is 1.64. The van der Waals surface area contributed by atoms with Crippen LogP contribution < -0.4 is 0 Å². The molecule has 0 radical (unpaired) electrons. The molecule has 0 atom stereocenters. The summed E-state index contributed by atoms with van der Waals surface area (Å²) in [5.41, 5.74) is 2.45. The molecule has 0 fully saturated rings. The number of rotatable bonds is 6. The fraction of sp³-hybridized carbons (Fsp3) is 0.188. The van der Waals surface area contributed by atoms with Gasteiger partial charge in [0.15, 0.2) is 5.69 Å². The van der Waals surface area contributed by atoms with Crippen LogP contribution in [0.15, 0.2) is 53.1 Å². The maximum Gasteiger partial charge on any atom is 0.358 e. The molecule has 3 rings (SSSR count). The third-order valence-electron chi connectivity index (χ3n) is 3.27. The molecule has 0 saturated heterocycles. The van der Waals surface area contributed by atoms with Gasteiger partial charge in [0.1, 0.15) is 6.33 Å². The van der Waals surface area contributed by atoms with Crippen LogP contribution in [0.1, 0.15) is 21.6 Å². The van der Waals surface area contributed by atoms with E-state index in [9.17, 15) is 4.79 Å². The summed E-state index contributed by atoms with van der Waals surface area (Å²) < 4.78 is 7.85. The summed E-state index contributed by atoms with van der Waals surface area (Å²) in [6.07, 6.45) is 4.99. The third kappa shape index (κ3) is 4.32. The summed E-state index contributed by atoms with van der Waals surface area (Å²) in [6, 6.07) is 9.65. The van der Waals surface area contributed by atoms with Crippen molar-refractivity contribution < 1.29 is 9.53 Å². The highest BCUT2D eigenvalue weighted by Gasteiger charge is 2.10. The number of hydrogen-bond acceptors (Lipinski definition) is 7. The van der Waals surface area contributed by atoms with E-state index in [1.807, 2.05) is 31.2 Å². The van der Waals surface area contributed by atoms with Crippen LogP contribution >= 0.6 is 11.8 Å². The van der Waals surface area contributed by atoms with Crippen LogP contribution in [-0.2, 0) is 10.6 Å². The lowest BCUT2D eigenvalue weighted by Crippen LogP contribution is -2.04. The fourth-order valence-electron chi connectivity index (χ4n) is 1.95.